The third-order valence-corrected chi connectivity index (χ3v) is 2.84. The van der Waals surface area contributed by atoms with Gasteiger partial charge >= 0.3 is 6.36 Å². The van der Waals surface area contributed by atoms with Gasteiger partial charge in [0.15, 0.2) is 5.78 Å². The zero-order valence-corrected chi connectivity index (χ0v) is 11.7. The summed E-state index contributed by atoms with van der Waals surface area (Å²) in [6.45, 7) is 6.12. The quantitative estimate of drug-likeness (QED) is 0.874. The van der Waals surface area contributed by atoms with Crippen LogP contribution in [0.25, 0.3) is 0 Å². The van der Waals surface area contributed by atoms with E-state index in [-0.39, 0.29) is 18.0 Å². The molecule has 1 aromatic rings. The second-order valence-corrected chi connectivity index (χ2v) is 4.95. The number of rotatable bonds is 6. The summed E-state index contributed by atoms with van der Waals surface area (Å²) < 4.78 is 39.8. The molecule has 0 aromatic heterocycles. The molecule has 0 fully saturated rings. The van der Waals surface area contributed by atoms with Crippen LogP contribution < -0.4 is 10.1 Å². The average Bonchev–Trinajstić information content (AvgIpc) is 2.29. The van der Waals surface area contributed by atoms with Gasteiger partial charge in [-0.15, -0.1) is 13.2 Å². The molecule has 0 saturated carbocycles. The molecule has 0 radical (unpaired) electrons. The first-order valence-electron chi connectivity index (χ1n) is 6.27. The van der Waals surface area contributed by atoms with Crippen LogP contribution in [0.15, 0.2) is 24.3 Å². The zero-order chi connectivity index (χ0) is 15.4. The van der Waals surface area contributed by atoms with Crippen molar-refractivity contribution < 1.29 is 22.7 Å². The summed E-state index contributed by atoms with van der Waals surface area (Å²) >= 11 is 0. The lowest BCUT2D eigenvalue weighted by Crippen LogP contribution is -2.47. The van der Waals surface area contributed by atoms with E-state index in [9.17, 15) is 18.0 Å². The van der Waals surface area contributed by atoms with Gasteiger partial charge in [-0.3, -0.25) is 4.79 Å². The lowest BCUT2D eigenvalue weighted by atomic mass is 9.93. The van der Waals surface area contributed by atoms with Crippen molar-refractivity contribution in [3.63, 3.8) is 0 Å². The Bertz CT molecular complexity index is 452. The van der Waals surface area contributed by atoms with Crippen LogP contribution in [0.5, 0.6) is 5.75 Å². The molecule has 0 saturated heterocycles. The maximum atomic E-state index is 12.1. The smallest absolute Gasteiger partial charge is 0.406 e. The summed E-state index contributed by atoms with van der Waals surface area (Å²) in [6.07, 6.45) is -4.54. The molecule has 1 rings (SSSR count). The fourth-order valence-electron chi connectivity index (χ4n) is 1.76. The van der Waals surface area contributed by atoms with E-state index >= 15 is 0 Å². The molecule has 0 amide bonds. The summed E-state index contributed by atoms with van der Waals surface area (Å²) in [5, 5.41) is 3.06. The highest BCUT2D eigenvalue weighted by Crippen LogP contribution is 2.23. The van der Waals surface area contributed by atoms with E-state index in [4.69, 9.17) is 0 Å². The van der Waals surface area contributed by atoms with E-state index in [1.54, 1.807) is 13.8 Å². The lowest BCUT2D eigenvalue weighted by Gasteiger charge is -2.24. The number of hydrogen-bond donors (Lipinski definition) is 1. The summed E-state index contributed by atoms with van der Waals surface area (Å²) in [5.74, 6) is -0.316. The number of alkyl halides is 3. The van der Waals surface area contributed by atoms with Crippen molar-refractivity contribution in [2.75, 3.05) is 6.54 Å². The number of nitrogens with one attached hydrogen (secondary N) is 1. The van der Waals surface area contributed by atoms with Crippen LogP contribution in [0.1, 0.15) is 26.3 Å². The molecular formula is C14H18F3NO2. The average molecular weight is 289 g/mol. The lowest BCUT2D eigenvalue weighted by molar-refractivity contribution is -0.274. The van der Waals surface area contributed by atoms with Crippen molar-refractivity contribution in [1.29, 1.82) is 0 Å². The summed E-state index contributed by atoms with van der Waals surface area (Å²) in [4.78, 5) is 12.1. The molecule has 0 atom stereocenters. The van der Waals surface area contributed by atoms with Gasteiger partial charge in [0.25, 0.3) is 0 Å². The van der Waals surface area contributed by atoms with E-state index in [1.165, 1.54) is 24.3 Å². The number of Topliss-reactive ketones (excluding diaryl/α,β-unsaturated/α-hetero) is 1. The van der Waals surface area contributed by atoms with Crippen molar-refractivity contribution >= 4 is 5.78 Å². The largest absolute Gasteiger partial charge is 0.573 e. The molecule has 0 aliphatic heterocycles. The van der Waals surface area contributed by atoms with Crippen LogP contribution in [-0.4, -0.2) is 24.2 Å². The Balaban J connectivity index is 2.68. The van der Waals surface area contributed by atoms with Gasteiger partial charge < -0.3 is 10.1 Å². The molecule has 1 aromatic carbocycles. The van der Waals surface area contributed by atoms with Gasteiger partial charge in [-0.25, -0.2) is 0 Å². The zero-order valence-electron chi connectivity index (χ0n) is 11.7. The second kappa shape index (κ2) is 6.26. The van der Waals surface area contributed by atoms with Crippen LogP contribution in [0.3, 0.4) is 0 Å². The first-order valence-corrected chi connectivity index (χ1v) is 6.27. The molecule has 0 unspecified atom stereocenters. The third kappa shape index (κ3) is 5.21. The molecule has 0 bridgehead atoms. The Morgan fingerprint density at radius 2 is 1.75 bits per heavy atom. The fraction of sp³-hybridized carbons (Fsp3) is 0.500. The van der Waals surface area contributed by atoms with Gasteiger partial charge in [-0.2, -0.15) is 0 Å². The summed E-state index contributed by atoms with van der Waals surface area (Å²) in [5.41, 5.74) is -0.00824. The maximum absolute atomic E-state index is 12.1. The SMILES string of the molecule is CCNC(C)(C)C(=O)Cc1ccc(OC(F)(F)F)cc1. The highest BCUT2D eigenvalue weighted by atomic mass is 19.4. The monoisotopic (exact) mass is 289 g/mol. The number of ether oxygens (including phenoxy) is 1. The number of benzene rings is 1. The molecule has 0 aliphatic carbocycles. The molecule has 6 heteroatoms. The summed E-state index contributed by atoms with van der Waals surface area (Å²) in [6, 6.07) is 5.33. The highest BCUT2D eigenvalue weighted by molar-refractivity contribution is 5.89. The van der Waals surface area contributed by atoms with E-state index in [2.05, 4.69) is 10.1 Å². The number of likely N-dealkylation sites (N-methyl/N-ethyl adjacent to an activating group) is 1. The predicted molar refractivity (Wildman–Crippen MR) is 69.6 cm³/mol. The number of carbonyl (C=O) groups is 1. The van der Waals surface area contributed by atoms with Crippen LogP contribution in [-0.2, 0) is 11.2 Å². The second-order valence-electron chi connectivity index (χ2n) is 4.95. The van der Waals surface area contributed by atoms with Crippen LogP contribution in [0.2, 0.25) is 0 Å². The van der Waals surface area contributed by atoms with Crippen molar-refractivity contribution in [2.24, 2.45) is 0 Å². The van der Waals surface area contributed by atoms with Gasteiger partial charge in [0, 0.05) is 6.42 Å². The van der Waals surface area contributed by atoms with Crippen molar-refractivity contribution in [1.82, 2.24) is 5.32 Å². The van der Waals surface area contributed by atoms with Gasteiger partial charge in [-0.1, -0.05) is 19.1 Å². The normalized spacial score (nSPS) is 12.3. The molecule has 1 N–H and O–H groups in total. The van der Waals surface area contributed by atoms with Gasteiger partial charge in [0.05, 0.1) is 5.54 Å². The molecule has 112 valence electrons. The van der Waals surface area contributed by atoms with Crippen molar-refractivity contribution in [2.45, 2.75) is 39.1 Å². The van der Waals surface area contributed by atoms with E-state index in [1.807, 2.05) is 6.92 Å². The minimum atomic E-state index is -4.70. The number of carbonyl (C=O) groups excluding carboxylic acids is 1. The standard InChI is InChI=1S/C14H18F3NO2/c1-4-18-13(2,3)12(19)9-10-5-7-11(8-6-10)20-14(15,16)17/h5-8,18H,4,9H2,1-3H3. The molecular weight excluding hydrogens is 271 g/mol. The molecule has 0 spiro atoms. The maximum Gasteiger partial charge on any atom is 0.573 e. The third-order valence-electron chi connectivity index (χ3n) is 2.84. The van der Waals surface area contributed by atoms with Crippen molar-refractivity contribution in [3.8, 4) is 5.75 Å². The minimum Gasteiger partial charge on any atom is -0.406 e. The predicted octanol–water partition coefficient (Wildman–Crippen LogP) is 3.08. The molecule has 20 heavy (non-hydrogen) atoms. The van der Waals surface area contributed by atoms with Crippen LogP contribution >= 0.6 is 0 Å². The van der Waals surface area contributed by atoms with E-state index < -0.39 is 11.9 Å². The first kappa shape index (κ1) is 16.5. The Labute approximate surface area is 116 Å². The Hall–Kier alpha value is -1.56. The van der Waals surface area contributed by atoms with Crippen LogP contribution in [0.4, 0.5) is 13.2 Å². The number of ketones is 1. The topological polar surface area (TPSA) is 38.3 Å². The van der Waals surface area contributed by atoms with E-state index in [0.29, 0.717) is 12.1 Å². The van der Waals surface area contributed by atoms with Gasteiger partial charge in [-0.05, 0) is 38.1 Å². The van der Waals surface area contributed by atoms with Gasteiger partial charge in [0.1, 0.15) is 5.75 Å². The minimum absolute atomic E-state index is 0.0242. The highest BCUT2D eigenvalue weighted by Gasteiger charge is 2.31. The van der Waals surface area contributed by atoms with Crippen molar-refractivity contribution in [3.05, 3.63) is 29.8 Å². The Kier molecular flexibility index (Phi) is 5.16. The number of hydrogen-bond acceptors (Lipinski definition) is 3. The van der Waals surface area contributed by atoms with Gasteiger partial charge in [0.2, 0.25) is 0 Å². The molecule has 3 nitrogen and oxygen atoms in total. The first-order chi connectivity index (χ1) is 9.14. The summed E-state index contributed by atoms with van der Waals surface area (Å²) in [7, 11) is 0. The fourth-order valence-corrected chi connectivity index (χ4v) is 1.76. The van der Waals surface area contributed by atoms with Crippen LogP contribution in [0, 0.1) is 0 Å². The van der Waals surface area contributed by atoms with E-state index in [0.717, 1.165) is 0 Å². The molecule has 0 heterocycles. The molecule has 0 aliphatic rings. The Morgan fingerprint density at radius 1 is 1.20 bits per heavy atom. The number of halogens is 3. The Morgan fingerprint density at radius 3 is 2.20 bits per heavy atom.